The summed E-state index contributed by atoms with van der Waals surface area (Å²) in [5.41, 5.74) is 2.29. The number of aliphatic hydroxyl groups excluding tert-OH is 2. The molecule has 1 aliphatic rings. The van der Waals surface area contributed by atoms with Crippen molar-refractivity contribution in [1.82, 2.24) is 24.8 Å². The first-order chi connectivity index (χ1) is 20.5. The normalized spacial score (nSPS) is 20.1. The summed E-state index contributed by atoms with van der Waals surface area (Å²) in [6.07, 6.45) is -0.132. The number of methoxy groups -OCH3 is 2. The lowest BCUT2D eigenvalue weighted by Crippen LogP contribution is -2.46. The van der Waals surface area contributed by atoms with E-state index in [0.717, 1.165) is 16.3 Å². The molecule has 1 amide bonds. The molecule has 0 saturated carbocycles. The molecule has 0 spiro atoms. The van der Waals surface area contributed by atoms with Crippen LogP contribution in [0, 0.1) is 0 Å². The van der Waals surface area contributed by atoms with Gasteiger partial charge in [0.15, 0.2) is 23.2 Å². The molecule has 4 atom stereocenters. The van der Waals surface area contributed by atoms with Crippen molar-refractivity contribution < 1.29 is 29.2 Å². The van der Waals surface area contributed by atoms with Gasteiger partial charge in [-0.05, 0) is 28.5 Å². The van der Waals surface area contributed by atoms with Crippen molar-refractivity contribution in [3.05, 3.63) is 84.4 Å². The Morgan fingerprint density at radius 3 is 2.55 bits per heavy atom. The Morgan fingerprint density at radius 2 is 1.79 bits per heavy atom. The predicted molar refractivity (Wildman–Crippen MR) is 154 cm³/mol. The molecule has 12 nitrogen and oxygen atoms in total. The number of aliphatic hydroxyl groups is 2. The predicted octanol–water partition coefficient (Wildman–Crippen LogP) is 2.66. The van der Waals surface area contributed by atoms with Crippen molar-refractivity contribution >= 4 is 33.7 Å². The van der Waals surface area contributed by atoms with Gasteiger partial charge in [0.1, 0.15) is 36.1 Å². The van der Waals surface area contributed by atoms with Gasteiger partial charge in [-0.15, -0.1) is 0 Å². The first kappa shape index (κ1) is 27.4. The largest absolute Gasteiger partial charge is 0.497 e. The summed E-state index contributed by atoms with van der Waals surface area (Å²) >= 11 is 0. The van der Waals surface area contributed by atoms with E-state index in [9.17, 15) is 15.0 Å². The van der Waals surface area contributed by atoms with Crippen LogP contribution >= 0.6 is 0 Å². The number of carbonyl (C=O) groups excluding carboxylic acids is 1. The maximum Gasteiger partial charge on any atom is 0.252 e. The standard InChI is InChI=1S/C30H30N6O6/c1-40-20-10-19(11-21(12-20)41-2)29(39)35-24-26(38)23(14-37)42-30(24)36-16-34-25-27(32-15-33-28(25)36)31-13-18-8-5-7-17-6-3-4-9-22(17)18/h3-12,15-16,23-24,26,30,37-38H,13-14H2,1-2H3,(H,35,39)(H,31,32,33)/t23-,24?,26?,30-/m1/s1. The molecule has 2 aromatic heterocycles. The molecule has 0 bridgehead atoms. The lowest BCUT2D eigenvalue weighted by Gasteiger charge is -2.23. The summed E-state index contributed by atoms with van der Waals surface area (Å²) in [5, 5.41) is 29.4. The number of hydrogen-bond acceptors (Lipinski definition) is 10. The van der Waals surface area contributed by atoms with E-state index in [-0.39, 0.29) is 5.56 Å². The van der Waals surface area contributed by atoms with Crippen molar-refractivity contribution in [3.63, 3.8) is 0 Å². The van der Waals surface area contributed by atoms with E-state index >= 15 is 0 Å². The molecule has 0 aliphatic carbocycles. The average molecular weight is 571 g/mol. The highest BCUT2D eigenvalue weighted by Gasteiger charge is 2.46. The topological polar surface area (TPSA) is 153 Å². The molecule has 216 valence electrons. The summed E-state index contributed by atoms with van der Waals surface area (Å²) in [5.74, 6) is 0.912. The summed E-state index contributed by atoms with van der Waals surface area (Å²) in [6.45, 7) is 0.0602. The molecule has 3 heterocycles. The number of amides is 1. The highest BCUT2D eigenvalue weighted by molar-refractivity contribution is 5.95. The molecule has 5 aromatic rings. The second-order valence-corrected chi connectivity index (χ2v) is 9.88. The van der Waals surface area contributed by atoms with Gasteiger partial charge in [-0.25, -0.2) is 15.0 Å². The van der Waals surface area contributed by atoms with Gasteiger partial charge in [-0.2, -0.15) is 0 Å². The van der Waals surface area contributed by atoms with Crippen LogP contribution in [-0.4, -0.2) is 74.7 Å². The number of aromatic nitrogens is 4. The van der Waals surface area contributed by atoms with E-state index < -0.39 is 37.0 Å². The molecule has 4 N–H and O–H groups in total. The fourth-order valence-corrected chi connectivity index (χ4v) is 5.26. The van der Waals surface area contributed by atoms with Crippen molar-refractivity contribution in [2.75, 3.05) is 26.1 Å². The molecule has 0 radical (unpaired) electrons. The Kier molecular flexibility index (Phi) is 7.57. The smallest absolute Gasteiger partial charge is 0.252 e. The van der Waals surface area contributed by atoms with E-state index in [1.165, 1.54) is 26.9 Å². The summed E-state index contributed by atoms with van der Waals surface area (Å²) in [7, 11) is 2.98. The van der Waals surface area contributed by atoms with Crippen molar-refractivity contribution in [3.8, 4) is 11.5 Å². The van der Waals surface area contributed by atoms with Gasteiger partial charge in [-0.3, -0.25) is 9.36 Å². The van der Waals surface area contributed by atoms with E-state index in [2.05, 4.69) is 49.9 Å². The van der Waals surface area contributed by atoms with Crippen LogP contribution in [0.3, 0.4) is 0 Å². The van der Waals surface area contributed by atoms with Crippen LogP contribution in [0.1, 0.15) is 22.1 Å². The van der Waals surface area contributed by atoms with Gasteiger partial charge >= 0.3 is 0 Å². The van der Waals surface area contributed by atoms with E-state index in [0.29, 0.717) is 35.0 Å². The Labute approximate surface area is 240 Å². The summed E-state index contributed by atoms with van der Waals surface area (Å²) < 4.78 is 18.2. The van der Waals surface area contributed by atoms with E-state index in [4.69, 9.17) is 14.2 Å². The molecule has 6 rings (SSSR count). The zero-order valence-corrected chi connectivity index (χ0v) is 23.0. The van der Waals surface area contributed by atoms with E-state index in [1.807, 2.05) is 18.2 Å². The zero-order valence-electron chi connectivity index (χ0n) is 23.0. The highest BCUT2D eigenvalue weighted by atomic mass is 16.5. The van der Waals surface area contributed by atoms with Gasteiger partial charge in [0.25, 0.3) is 5.91 Å². The number of hydrogen-bond donors (Lipinski definition) is 4. The van der Waals surface area contributed by atoms with Crippen LogP contribution in [0.5, 0.6) is 11.5 Å². The molecule has 1 saturated heterocycles. The second-order valence-electron chi connectivity index (χ2n) is 9.88. The molecule has 1 aliphatic heterocycles. The Morgan fingerprint density at radius 1 is 1.02 bits per heavy atom. The minimum absolute atomic E-state index is 0.266. The lowest BCUT2D eigenvalue weighted by atomic mass is 10.0. The lowest BCUT2D eigenvalue weighted by molar-refractivity contribution is -0.0440. The fourth-order valence-electron chi connectivity index (χ4n) is 5.26. The highest BCUT2D eigenvalue weighted by Crippen LogP contribution is 2.33. The summed E-state index contributed by atoms with van der Waals surface area (Å²) in [6, 6.07) is 18.1. The van der Waals surface area contributed by atoms with Crippen LogP contribution in [0.4, 0.5) is 5.82 Å². The number of fused-ring (bicyclic) bond motifs is 2. The number of benzene rings is 3. The third kappa shape index (κ3) is 5.07. The number of ether oxygens (including phenoxy) is 3. The molecule has 2 unspecified atom stereocenters. The van der Waals surface area contributed by atoms with Crippen LogP contribution in [0.15, 0.2) is 73.3 Å². The number of carbonyl (C=O) groups is 1. The Bertz CT molecular complexity index is 1720. The summed E-state index contributed by atoms with van der Waals surface area (Å²) in [4.78, 5) is 26.7. The number of anilines is 1. The number of nitrogens with zero attached hydrogens (tertiary/aromatic N) is 4. The van der Waals surface area contributed by atoms with Crippen molar-refractivity contribution in [1.29, 1.82) is 0 Å². The molecule has 3 aromatic carbocycles. The number of rotatable bonds is 9. The van der Waals surface area contributed by atoms with Crippen LogP contribution in [-0.2, 0) is 11.3 Å². The van der Waals surface area contributed by atoms with Gasteiger partial charge < -0.3 is 35.1 Å². The SMILES string of the molecule is COc1cc(OC)cc(C(=O)NC2C(O)[C@@H](CO)O[C@H]2n2cnc3c(NCc4cccc5ccccc45)ncnc32)c1. The van der Waals surface area contributed by atoms with Gasteiger partial charge in [0.2, 0.25) is 0 Å². The Balaban J connectivity index is 1.28. The van der Waals surface area contributed by atoms with E-state index in [1.54, 1.807) is 22.8 Å². The first-order valence-electron chi connectivity index (χ1n) is 13.4. The minimum atomic E-state index is -1.21. The monoisotopic (exact) mass is 570 g/mol. The van der Waals surface area contributed by atoms with Crippen molar-refractivity contribution in [2.24, 2.45) is 0 Å². The van der Waals surface area contributed by atoms with Crippen LogP contribution in [0.25, 0.3) is 21.9 Å². The zero-order chi connectivity index (χ0) is 29.2. The molecular formula is C30H30N6O6. The number of nitrogens with one attached hydrogen (secondary N) is 2. The quantitative estimate of drug-likeness (QED) is 0.208. The molecule has 42 heavy (non-hydrogen) atoms. The van der Waals surface area contributed by atoms with Crippen LogP contribution in [0.2, 0.25) is 0 Å². The van der Waals surface area contributed by atoms with Crippen molar-refractivity contribution in [2.45, 2.75) is 31.0 Å². The first-order valence-corrected chi connectivity index (χ1v) is 13.4. The number of imidazole rings is 1. The van der Waals surface area contributed by atoms with Gasteiger partial charge in [-0.1, -0.05) is 42.5 Å². The van der Waals surface area contributed by atoms with Gasteiger partial charge in [0, 0.05) is 18.2 Å². The third-order valence-electron chi connectivity index (χ3n) is 7.42. The molecular weight excluding hydrogens is 540 g/mol. The van der Waals surface area contributed by atoms with Crippen LogP contribution < -0.4 is 20.1 Å². The maximum absolute atomic E-state index is 13.3. The van der Waals surface area contributed by atoms with Gasteiger partial charge in [0.05, 0.1) is 27.2 Å². The third-order valence-corrected chi connectivity index (χ3v) is 7.42. The fraction of sp³-hybridized carbons (Fsp3) is 0.267. The molecule has 12 heteroatoms. The Hall–Kier alpha value is -4.78. The maximum atomic E-state index is 13.3. The minimum Gasteiger partial charge on any atom is -0.497 e. The molecule has 1 fully saturated rings. The second kappa shape index (κ2) is 11.6. The average Bonchev–Trinajstić information content (AvgIpc) is 3.60.